The van der Waals surface area contributed by atoms with Gasteiger partial charge in [0.15, 0.2) is 0 Å². The molecule has 1 aromatic rings. The third-order valence-electron chi connectivity index (χ3n) is 2.66. The first-order chi connectivity index (χ1) is 8.16. The Morgan fingerprint density at radius 1 is 1.56 bits per heavy atom. The van der Waals surface area contributed by atoms with Crippen molar-refractivity contribution >= 4 is 24.0 Å². The van der Waals surface area contributed by atoms with Gasteiger partial charge in [-0.15, -0.1) is 12.4 Å². The average Bonchev–Trinajstić information content (AvgIpc) is 2.35. The number of benzene rings is 1. The number of aryl methyl sites for hydroxylation is 1. The van der Waals surface area contributed by atoms with Crippen LogP contribution in [0.2, 0.25) is 0 Å². The summed E-state index contributed by atoms with van der Waals surface area (Å²) in [5.74, 6) is -0.433. The van der Waals surface area contributed by atoms with Crippen molar-refractivity contribution < 1.29 is 13.9 Å². The van der Waals surface area contributed by atoms with E-state index < -0.39 is 0 Å². The molecule has 0 aromatic heterocycles. The minimum Gasteiger partial charge on any atom is -0.378 e. The molecule has 18 heavy (non-hydrogen) atoms. The molecule has 1 aromatic carbocycles. The lowest BCUT2D eigenvalue weighted by Crippen LogP contribution is -2.48. The van der Waals surface area contributed by atoms with E-state index in [1.807, 2.05) is 0 Å². The summed E-state index contributed by atoms with van der Waals surface area (Å²) in [5.41, 5.74) is 1.11. The highest BCUT2D eigenvalue weighted by Crippen LogP contribution is 2.14. The van der Waals surface area contributed by atoms with Crippen LogP contribution in [0, 0.1) is 12.7 Å². The van der Waals surface area contributed by atoms with E-state index in [-0.39, 0.29) is 30.2 Å². The zero-order valence-corrected chi connectivity index (χ0v) is 10.8. The lowest BCUT2D eigenvalue weighted by Gasteiger charge is -2.22. The number of nitrogens with one attached hydrogen (secondary N) is 2. The maximum Gasteiger partial charge on any atom is 0.243 e. The highest BCUT2D eigenvalue weighted by molar-refractivity contribution is 5.95. The normalized spacial score (nSPS) is 18.9. The van der Waals surface area contributed by atoms with Crippen LogP contribution in [0.25, 0.3) is 0 Å². The van der Waals surface area contributed by atoms with Crippen molar-refractivity contribution in [3.05, 3.63) is 29.6 Å². The second-order valence-corrected chi connectivity index (χ2v) is 4.03. The third kappa shape index (κ3) is 3.66. The lowest BCUT2D eigenvalue weighted by atomic mass is 10.2. The number of ether oxygens (including phenoxy) is 1. The van der Waals surface area contributed by atoms with Crippen molar-refractivity contribution in [2.24, 2.45) is 0 Å². The quantitative estimate of drug-likeness (QED) is 0.859. The summed E-state index contributed by atoms with van der Waals surface area (Å²) >= 11 is 0. The first kappa shape index (κ1) is 14.9. The molecule has 100 valence electrons. The zero-order valence-electron chi connectivity index (χ0n) is 10.0. The molecule has 0 bridgehead atoms. The smallest absolute Gasteiger partial charge is 0.243 e. The molecule has 1 fully saturated rings. The Morgan fingerprint density at radius 3 is 2.94 bits per heavy atom. The van der Waals surface area contributed by atoms with Gasteiger partial charge >= 0.3 is 0 Å². The summed E-state index contributed by atoms with van der Waals surface area (Å²) in [5, 5.41) is 5.79. The Morgan fingerprint density at radius 2 is 2.33 bits per heavy atom. The second-order valence-electron chi connectivity index (χ2n) is 4.03. The van der Waals surface area contributed by atoms with Gasteiger partial charge in [0.2, 0.25) is 5.91 Å². The highest BCUT2D eigenvalue weighted by atomic mass is 35.5. The van der Waals surface area contributed by atoms with Crippen molar-refractivity contribution in [1.29, 1.82) is 0 Å². The van der Waals surface area contributed by atoms with Crippen molar-refractivity contribution in [1.82, 2.24) is 5.32 Å². The molecule has 6 heteroatoms. The number of carbonyl (C=O) groups excluding carboxylic acids is 1. The molecule has 2 rings (SSSR count). The largest absolute Gasteiger partial charge is 0.378 e. The zero-order chi connectivity index (χ0) is 12.3. The first-order valence-electron chi connectivity index (χ1n) is 5.55. The topological polar surface area (TPSA) is 50.4 Å². The molecular weight excluding hydrogens is 259 g/mol. The van der Waals surface area contributed by atoms with Gasteiger partial charge in [-0.3, -0.25) is 4.79 Å². The number of carbonyl (C=O) groups is 1. The van der Waals surface area contributed by atoms with E-state index in [4.69, 9.17) is 4.74 Å². The lowest BCUT2D eigenvalue weighted by molar-refractivity contribution is -0.120. The van der Waals surface area contributed by atoms with Crippen LogP contribution in [-0.2, 0) is 9.53 Å². The Hall–Kier alpha value is -1.17. The predicted molar refractivity (Wildman–Crippen MR) is 69.6 cm³/mol. The van der Waals surface area contributed by atoms with Gasteiger partial charge in [0.25, 0.3) is 0 Å². The minimum absolute atomic E-state index is 0. The number of amides is 1. The van der Waals surface area contributed by atoms with Gasteiger partial charge in [-0.25, -0.2) is 4.39 Å². The molecule has 2 N–H and O–H groups in total. The number of hydrogen-bond donors (Lipinski definition) is 2. The van der Waals surface area contributed by atoms with Crippen LogP contribution in [0.4, 0.5) is 10.1 Å². The summed E-state index contributed by atoms with van der Waals surface area (Å²) in [6.45, 7) is 3.32. The predicted octanol–water partition coefficient (Wildman–Crippen LogP) is 1.48. The highest BCUT2D eigenvalue weighted by Gasteiger charge is 2.21. The summed E-state index contributed by atoms with van der Waals surface area (Å²) in [6, 6.07) is 4.16. The van der Waals surface area contributed by atoms with Crippen molar-refractivity contribution in [2.75, 3.05) is 25.1 Å². The van der Waals surface area contributed by atoms with Crippen LogP contribution in [0.3, 0.4) is 0 Å². The van der Waals surface area contributed by atoms with Crippen LogP contribution < -0.4 is 10.6 Å². The van der Waals surface area contributed by atoms with Gasteiger partial charge in [-0.05, 0) is 30.7 Å². The van der Waals surface area contributed by atoms with Crippen LogP contribution >= 0.6 is 12.4 Å². The minimum atomic E-state index is -0.339. The van der Waals surface area contributed by atoms with Gasteiger partial charge in [0.05, 0.1) is 13.2 Å². The Labute approximate surface area is 111 Å². The third-order valence-corrected chi connectivity index (χ3v) is 2.66. The van der Waals surface area contributed by atoms with E-state index in [2.05, 4.69) is 10.6 Å². The maximum absolute atomic E-state index is 13.0. The first-order valence-corrected chi connectivity index (χ1v) is 5.55. The number of anilines is 1. The fourth-order valence-corrected chi connectivity index (χ4v) is 1.69. The molecule has 0 radical (unpaired) electrons. The average molecular weight is 275 g/mol. The molecule has 0 spiro atoms. The Kier molecular flexibility index (Phi) is 5.53. The van der Waals surface area contributed by atoms with Crippen molar-refractivity contribution in [3.63, 3.8) is 0 Å². The number of morpholine rings is 1. The van der Waals surface area contributed by atoms with E-state index >= 15 is 0 Å². The van der Waals surface area contributed by atoms with Crippen LogP contribution in [0.5, 0.6) is 0 Å². The Balaban J connectivity index is 0.00000162. The van der Waals surface area contributed by atoms with Gasteiger partial charge < -0.3 is 15.4 Å². The van der Waals surface area contributed by atoms with Gasteiger partial charge in [-0.2, -0.15) is 0 Å². The molecule has 0 aliphatic carbocycles. The molecule has 1 atom stereocenters. The van der Waals surface area contributed by atoms with Crippen LogP contribution in [0.15, 0.2) is 18.2 Å². The van der Waals surface area contributed by atoms with E-state index in [0.29, 0.717) is 31.0 Å². The summed E-state index contributed by atoms with van der Waals surface area (Å²) in [7, 11) is 0. The molecule has 1 saturated heterocycles. The van der Waals surface area contributed by atoms with Crippen molar-refractivity contribution in [2.45, 2.75) is 13.0 Å². The molecule has 1 aliphatic heterocycles. The Bertz CT molecular complexity index is 423. The summed E-state index contributed by atoms with van der Waals surface area (Å²) in [6.07, 6.45) is 0. The molecule has 0 saturated carbocycles. The number of rotatable bonds is 2. The van der Waals surface area contributed by atoms with E-state index in [0.717, 1.165) is 0 Å². The van der Waals surface area contributed by atoms with E-state index in [1.54, 1.807) is 19.1 Å². The van der Waals surface area contributed by atoms with Gasteiger partial charge in [-0.1, -0.05) is 0 Å². The van der Waals surface area contributed by atoms with Gasteiger partial charge in [0.1, 0.15) is 11.9 Å². The molecular formula is C12H16ClFN2O2. The molecule has 1 aliphatic rings. The number of halogens is 2. The van der Waals surface area contributed by atoms with Crippen LogP contribution in [0.1, 0.15) is 5.56 Å². The van der Waals surface area contributed by atoms with E-state index in [9.17, 15) is 9.18 Å². The van der Waals surface area contributed by atoms with Gasteiger partial charge in [0, 0.05) is 12.2 Å². The fourth-order valence-electron chi connectivity index (χ4n) is 1.69. The van der Waals surface area contributed by atoms with Crippen molar-refractivity contribution in [3.8, 4) is 0 Å². The maximum atomic E-state index is 13.0. The standard InChI is InChI=1S/C12H15FN2O2.ClH/c1-8-6-9(2-3-10(8)13)15-12(16)11-7-17-5-4-14-11;/h2-3,6,11,14H,4-5,7H2,1H3,(H,15,16);1H. The SMILES string of the molecule is Cc1cc(NC(=O)C2COCCN2)ccc1F.Cl. The summed E-state index contributed by atoms with van der Waals surface area (Å²) in [4.78, 5) is 11.8. The fraction of sp³-hybridized carbons (Fsp3) is 0.417. The molecule has 4 nitrogen and oxygen atoms in total. The van der Waals surface area contributed by atoms with E-state index in [1.165, 1.54) is 6.07 Å². The second kappa shape index (κ2) is 6.68. The molecule has 1 amide bonds. The monoisotopic (exact) mass is 274 g/mol. The van der Waals surface area contributed by atoms with Crippen LogP contribution in [-0.4, -0.2) is 31.7 Å². The summed E-state index contributed by atoms with van der Waals surface area (Å²) < 4.78 is 18.2. The number of hydrogen-bond acceptors (Lipinski definition) is 3. The molecule has 1 heterocycles. The molecule has 1 unspecified atom stereocenters.